The molecule has 0 bridgehead atoms. The number of nitrogens with zero attached hydrogens (tertiary/aromatic N) is 1. The van der Waals surface area contributed by atoms with Crippen LogP contribution in [0.5, 0.6) is 0 Å². The van der Waals surface area contributed by atoms with Crippen LogP contribution in [-0.4, -0.2) is 42.6 Å². The van der Waals surface area contributed by atoms with E-state index in [0.717, 1.165) is 0 Å². The van der Waals surface area contributed by atoms with E-state index in [1.165, 1.54) is 6.92 Å². The van der Waals surface area contributed by atoms with Crippen LogP contribution in [0.1, 0.15) is 20.3 Å². The van der Waals surface area contributed by atoms with Crippen LogP contribution < -0.4 is 0 Å². The smallest absolute Gasteiger partial charge is 0.465 e. The second kappa shape index (κ2) is 6.34. The number of hydrogen-bond donors (Lipinski definition) is 0. The van der Waals surface area contributed by atoms with Crippen molar-refractivity contribution in [1.29, 1.82) is 0 Å². The lowest BCUT2D eigenvalue weighted by Gasteiger charge is -2.21. The lowest BCUT2D eigenvalue weighted by Crippen LogP contribution is -2.44. The Balaban J connectivity index is 4.49. The Bertz CT molecular complexity index is 253. The Morgan fingerprint density at radius 2 is 1.81 bits per heavy atom. The molecule has 0 aliphatic heterocycles. The fourth-order valence-corrected chi connectivity index (χ4v) is 1.06. The van der Waals surface area contributed by atoms with E-state index in [1.807, 2.05) is 0 Å². The highest BCUT2D eigenvalue weighted by Crippen LogP contribution is 2.18. The molecule has 0 N–H and O–H groups in total. The first-order chi connectivity index (χ1) is 7.32. The van der Waals surface area contributed by atoms with Gasteiger partial charge in [0.1, 0.15) is 6.54 Å². The van der Waals surface area contributed by atoms with Crippen LogP contribution in [-0.2, 0) is 14.3 Å². The van der Waals surface area contributed by atoms with Crippen LogP contribution in [0, 0.1) is 0 Å². The Morgan fingerprint density at radius 1 is 1.25 bits per heavy atom. The van der Waals surface area contributed by atoms with Crippen molar-refractivity contribution in [2.75, 3.05) is 19.7 Å². The van der Waals surface area contributed by atoms with Gasteiger partial charge in [-0.3, -0.25) is 9.59 Å². The first-order valence-electron chi connectivity index (χ1n) is 4.84. The number of ether oxygens (including phenoxy) is 1. The second-order valence-corrected chi connectivity index (χ2v) is 3.03. The maximum Gasteiger partial charge on any atom is 0.471 e. The Labute approximate surface area is 91.4 Å². The van der Waals surface area contributed by atoms with Gasteiger partial charge in [0.25, 0.3) is 0 Å². The van der Waals surface area contributed by atoms with Gasteiger partial charge < -0.3 is 9.64 Å². The summed E-state index contributed by atoms with van der Waals surface area (Å²) in [6, 6.07) is 0. The number of carbonyl (C=O) groups is 2. The number of hydrogen-bond acceptors (Lipinski definition) is 3. The zero-order valence-corrected chi connectivity index (χ0v) is 9.13. The molecule has 0 rings (SSSR count). The van der Waals surface area contributed by atoms with E-state index < -0.39 is 24.6 Å². The first kappa shape index (κ1) is 14.7. The van der Waals surface area contributed by atoms with Gasteiger partial charge in [-0.1, -0.05) is 6.92 Å². The summed E-state index contributed by atoms with van der Waals surface area (Å²) in [6.07, 6.45) is -4.62. The quantitative estimate of drug-likeness (QED) is 0.682. The van der Waals surface area contributed by atoms with Crippen molar-refractivity contribution in [3.8, 4) is 0 Å². The van der Waals surface area contributed by atoms with Gasteiger partial charge in [-0.25, -0.2) is 0 Å². The Kier molecular flexibility index (Phi) is 5.84. The van der Waals surface area contributed by atoms with E-state index in [0.29, 0.717) is 11.3 Å². The monoisotopic (exact) mass is 241 g/mol. The molecule has 0 fully saturated rings. The van der Waals surface area contributed by atoms with Crippen LogP contribution in [0.2, 0.25) is 0 Å². The molecule has 0 aromatic rings. The molecule has 0 aliphatic carbocycles. The normalized spacial score (nSPS) is 11.1. The maximum atomic E-state index is 12.1. The highest BCUT2D eigenvalue weighted by molar-refractivity contribution is 5.85. The zero-order chi connectivity index (χ0) is 12.8. The molecule has 0 spiro atoms. The molecule has 0 aliphatic rings. The molecule has 0 aromatic carbocycles. The number of esters is 1. The predicted molar refractivity (Wildman–Crippen MR) is 49.6 cm³/mol. The number of alkyl halides is 3. The minimum absolute atomic E-state index is 0.0685. The number of amides is 1. The molecular weight excluding hydrogens is 227 g/mol. The Morgan fingerprint density at radius 3 is 2.19 bits per heavy atom. The molecule has 7 heteroatoms. The third-order valence-electron chi connectivity index (χ3n) is 1.65. The van der Waals surface area contributed by atoms with Gasteiger partial charge in [-0.2, -0.15) is 13.2 Å². The van der Waals surface area contributed by atoms with Gasteiger partial charge in [-0.05, 0) is 13.3 Å². The van der Waals surface area contributed by atoms with Crippen molar-refractivity contribution in [2.45, 2.75) is 26.4 Å². The molecule has 94 valence electrons. The molecule has 0 radical (unpaired) electrons. The topological polar surface area (TPSA) is 46.6 Å². The maximum absolute atomic E-state index is 12.1. The summed E-state index contributed by atoms with van der Waals surface area (Å²) >= 11 is 0. The summed E-state index contributed by atoms with van der Waals surface area (Å²) in [5.41, 5.74) is 0. The summed E-state index contributed by atoms with van der Waals surface area (Å²) in [6.45, 7) is 2.42. The lowest BCUT2D eigenvalue weighted by atomic mass is 10.3. The fraction of sp³-hybridized carbons (Fsp3) is 0.778. The zero-order valence-electron chi connectivity index (χ0n) is 9.13. The minimum atomic E-state index is -4.96. The fourth-order valence-electron chi connectivity index (χ4n) is 1.06. The molecule has 1 amide bonds. The molecule has 0 heterocycles. The first-order valence-corrected chi connectivity index (χ1v) is 4.84. The summed E-state index contributed by atoms with van der Waals surface area (Å²) in [5, 5.41) is 0. The van der Waals surface area contributed by atoms with E-state index in [-0.39, 0.29) is 13.2 Å². The van der Waals surface area contributed by atoms with Gasteiger partial charge in [-0.15, -0.1) is 0 Å². The summed E-state index contributed by atoms with van der Waals surface area (Å²) in [5.74, 6) is -2.85. The van der Waals surface area contributed by atoms with E-state index in [4.69, 9.17) is 0 Å². The average Bonchev–Trinajstić information content (AvgIpc) is 2.15. The van der Waals surface area contributed by atoms with Crippen LogP contribution in [0.3, 0.4) is 0 Å². The molecule has 16 heavy (non-hydrogen) atoms. The van der Waals surface area contributed by atoms with Crippen LogP contribution >= 0.6 is 0 Å². The van der Waals surface area contributed by atoms with Crippen molar-refractivity contribution < 1.29 is 27.5 Å². The van der Waals surface area contributed by atoms with Crippen LogP contribution in [0.15, 0.2) is 0 Å². The summed E-state index contributed by atoms with van der Waals surface area (Å²) in [7, 11) is 0. The van der Waals surface area contributed by atoms with Crippen LogP contribution in [0.4, 0.5) is 13.2 Å². The van der Waals surface area contributed by atoms with E-state index in [1.54, 1.807) is 6.92 Å². The Hall–Kier alpha value is -1.27. The van der Waals surface area contributed by atoms with Crippen molar-refractivity contribution in [3.05, 3.63) is 0 Å². The standard InChI is InChI=1S/C9H14F3NO3/c1-3-5-13(6-7(14)16-4-2)8(15)9(10,11)12/h3-6H2,1-2H3. The van der Waals surface area contributed by atoms with Crippen molar-refractivity contribution in [2.24, 2.45) is 0 Å². The molecule has 0 aromatic heterocycles. The van der Waals surface area contributed by atoms with Crippen LogP contribution in [0.25, 0.3) is 0 Å². The highest BCUT2D eigenvalue weighted by atomic mass is 19.4. The number of rotatable bonds is 5. The van der Waals surface area contributed by atoms with Gasteiger partial charge >= 0.3 is 18.1 Å². The third-order valence-corrected chi connectivity index (χ3v) is 1.65. The highest BCUT2D eigenvalue weighted by Gasteiger charge is 2.42. The number of halogens is 3. The van der Waals surface area contributed by atoms with Crippen molar-refractivity contribution >= 4 is 11.9 Å². The molecular formula is C9H14F3NO3. The lowest BCUT2D eigenvalue weighted by molar-refractivity contribution is -0.187. The van der Waals surface area contributed by atoms with E-state index in [9.17, 15) is 22.8 Å². The molecule has 0 atom stereocenters. The third kappa shape index (κ3) is 4.99. The molecule has 0 saturated carbocycles. The van der Waals surface area contributed by atoms with Crippen molar-refractivity contribution in [3.63, 3.8) is 0 Å². The largest absolute Gasteiger partial charge is 0.471 e. The number of carbonyl (C=O) groups excluding carboxylic acids is 2. The predicted octanol–water partition coefficient (Wildman–Crippen LogP) is 1.35. The summed E-state index contributed by atoms with van der Waals surface area (Å²) in [4.78, 5) is 22.3. The van der Waals surface area contributed by atoms with Crippen molar-refractivity contribution in [1.82, 2.24) is 4.90 Å². The SMILES string of the molecule is CCCN(CC(=O)OCC)C(=O)C(F)(F)F. The molecule has 4 nitrogen and oxygen atoms in total. The second-order valence-electron chi connectivity index (χ2n) is 3.03. The van der Waals surface area contributed by atoms with E-state index >= 15 is 0 Å². The molecule has 0 saturated heterocycles. The average molecular weight is 241 g/mol. The van der Waals surface area contributed by atoms with Gasteiger partial charge in [0.05, 0.1) is 6.61 Å². The van der Waals surface area contributed by atoms with Gasteiger partial charge in [0, 0.05) is 6.54 Å². The van der Waals surface area contributed by atoms with Gasteiger partial charge in [0.2, 0.25) is 0 Å². The van der Waals surface area contributed by atoms with E-state index in [2.05, 4.69) is 4.74 Å². The summed E-state index contributed by atoms with van der Waals surface area (Å²) < 4.78 is 40.8. The molecule has 0 unspecified atom stereocenters. The van der Waals surface area contributed by atoms with Gasteiger partial charge in [0.15, 0.2) is 0 Å². The minimum Gasteiger partial charge on any atom is -0.465 e.